The molecule has 3 aromatic rings. The SMILES string of the molecule is COCCOC(=O)c1c(C)nc2c(c1-c1nccs1)C(O)CC(c1ccccc1OC)C2. The Morgan fingerprint density at radius 1 is 1.25 bits per heavy atom. The topological polar surface area (TPSA) is 90.8 Å². The van der Waals surface area contributed by atoms with Crippen LogP contribution < -0.4 is 4.74 Å². The maximum atomic E-state index is 13.0. The van der Waals surface area contributed by atoms with Gasteiger partial charge in [0.25, 0.3) is 0 Å². The zero-order valence-electron chi connectivity index (χ0n) is 18.3. The van der Waals surface area contributed by atoms with Crippen LogP contribution in [0, 0.1) is 6.92 Å². The van der Waals surface area contributed by atoms with E-state index in [2.05, 4.69) is 4.98 Å². The highest BCUT2D eigenvalue weighted by Gasteiger charge is 2.35. The fraction of sp³-hybridized carbons (Fsp3) is 0.375. The van der Waals surface area contributed by atoms with Gasteiger partial charge >= 0.3 is 5.97 Å². The number of benzene rings is 1. The van der Waals surface area contributed by atoms with Gasteiger partial charge in [-0.05, 0) is 37.3 Å². The van der Waals surface area contributed by atoms with Gasteiger partial charge in [-0.2, -0.15) is 0 Å². The van der Waals surface area contributed by atoms with Crippen LogP contribution in [0.4, 0.5) is 0 Å². The number of carbonyl (C=O) groups is 1. The van der Waals surface area contributed by atoms with E-state index >= 15 is 0 Å². The van der Waals surface area contributed by atoms with Gasteiger partial charge in [0.2, 0.25) is 0 Å². The zero-order valence-corrected chi connectivity index (χ0v) is 19.1. The Hall–Kier alpha value is -2.81. The molecule has 4 rings (SSSR count). The van der Waals surface area contributed by atoms with Crippen molar-refractivity contribution in [2.75, 3.05) is 27.4 Å². The third kappa shape index (κ3) is 4.26. The van der Waals surface area contributed by atoms with Gasteiger partial charge in [0.05, 0.1) is 31.1 Å². The number of aryl methyl sites for hydroxylation is 1. The number of thiazole rings is 1. The molecule has 32 heavy (non-hydrogen) atoms. The number of para-hydroxylation sites is 1. The number of esters is 1. The number of pyridine rings is 1. The quantitative estimate of drug-likeness (QED) is 0.425. The first-order valence-electron chi connectivity index (χ1n) is 10.4. The van der Waals surface area contributed by atoms with Crippen molar-refractivity contribution in [2.24, 2.45) is 0 Å². The average molecular weight is 455 g/mol. The average Bonchev–Trinajstić information content (AvgIpc) is 3.32. The largest absolute Gasteiger partial charge is 0.496 e. The second-order valence-electron chi connectivity index (χ2n) is 7.67. The first-order chi connectivity index (χ1) is 15.5. The second-order valence-corrected chi connectivity index (χ2v) is 8.56. The van der Waals surface area contributed by atoms with E-state index in [1.165, 1.54) is 11.3 Å². The molecule has 1 aliphatic rings. The van der Waals surface area contributed by atoms with Crippen LogP contribution in [-0.4, -0.2) is 48.5 Å². The molecule has 1 aliphatic carbocycles. The molecule has 7 nitrogen and oxygen atoms in total. The molecule has 0 bridgehead atoms. The van der Waals surface area contributed by atoms with E-state index in [9.17, 15) is 9.90 Å². The minimum Gasteiger partial charge on any atom is -0.496 e. The number of hydrogen-bond donors (Lipinski definition) is 1. The van der Waals surface area contributed by atoms with Crippen LogP contribution in [0.2, 0.25) is 0 Å². The van der Waals surface area contributed by atoms with Crippen LogP contribution in [0.5, 0.6) is 5.75 Å². The molecule has 2 aromatic heterocycles. The number of ether oxygens (including phenoxy) is 3. The summed E-state index contributed by atoms with van der Waals surface area (Å²) < 4.78 is 15.9. The van der Waals surface area contributed by atoms with Gasteiger partial charge in [0.15, 0.2) is 0 Å². The monoisotopic (exact) mass is 454 g/mol. The summed E-state index contributed by atoms with van der Waals surface area (Å²) in [6, 6.07) is 7.85. The van der Waals surface area contributed by atoms with Crippen LogP contribution >= 0.6 is 11.3 Å². The van der Waals surface area contributed by atoms with Gasteiger partial charge in [-0.3, -0.25) is 4.98 Å². The summed E-state index contributed by atoms with van der Waals surface area (Å²) in [5, 5.41) is 13.8. The lowest BCUT2D eigenvalue weighted by Gasteiger charge is -2.31. The highest BCUT2D eigenvalue weighted by molar-refractivity contribution is 7.13. The molecule has 168 valence electrons. The molecule has 0 radical (unpaired) electrons. The molecule has 0 saturated carbocycles. The number of rotatable bonds is 7. The molecule has 0 aliphatic heterocycles. The summed E-state index contributed by atoms with van der Waals surface area (Å²) in [6.45, 7) is 2.24. The van der Waals surface area contributed by atoms with Crippen molar-refractivity contribution in [1.29, 1.82) is 0 Å². The normalized spacial score (nSPS) is 17.6. The third-order valence-corrected chi connectivity index (χ3v) is 6.52. The standard InChI is InChI=1S/C24H26N2O5S/c1-14-20(24(28)31-10-9-29-2)22(23-25-8-11-32-23)21-17(26-14)12-15(13-18(21)27)16-6-4-5-7-19(16)30-3/h4-8,11,15,18,27H,9-10,12-13H2,1-3H3. The van der Waals surface area contributed by atoms with Crippen molar-refractivity contribution < 1.29 is 24.1 Å². The van der Waals surface area contributed by atoms with Crippen LogP contribution in [0.25, 0.3) is 10.6 Å². The second kappa shape index (κ2) is 9.77. The number of aromatic nitrogens is 2. The number of carbonyl (C=O) groups excluding carboxylic acids is 1. The van der Waals surface area contributed by atoms with E-state index in [1.54, 1.807) is 27.3 Å². The molecular formula is C24H26N2O5S. The van der Waals surface area contributed by atoms with Crippen molar-refractivity contribution in [1.82, 2.24) is 9.97 Å². The summed E-state index contributed by atoms with van der Waals surface area (Å²) in [6.07, 6.45) is 2.01. The lowest BCUT2D eigenvalue weighted by Crippen LogP contribution is -2.23. The summed E-state index contributed by atoms with van der Waals surface area (Å²) in [5.74, 6) is 0.353. The number of fused-ring (bicyclic) bond motifs is 1. The number of hydrogen-bond acceptors (Lipinski definition) is 8. The Balaban J connectivity index is 1.81. The molecule has 8 heteroatoms. The predicted molar refractivity (Wildman–Crippen MR) is 121 cm³/mol. The number of methoxy groups -OCH3 is 2. The number of aliphatic hydroxyl groups excluding tert-OH is 1. The maximum Gasteiger partial charge on any atom is 0.340 e. The molecule has 2 unspecified atom stereocenters. The van der Waals surface area contributed by atoms with E-state index < -0.39 is 12.1 Å². The van der Waals surface area contributed by atoms with Crippen molar-refractivity contribution in [3.05, 3.63) is 63.9 Å². The molecule has 0 spiro atoms. The smallest absolute Gasteiger partial charge is 0.340 e. The van der Waals surface area contributed by atoms with E-state index in [4.69, 9.17) is 19.2 Å². The van der Waals surface area contributed by atoms with E-state index in [0.717, 1.165) is 17.0 Å². The molecule has 1 N–H and O–H groups in total. The van der Waals surface area contributed by atoms with Crippen LogP contribution in [0.3, 0.4) is 0 Å². The van der Waals surface area contributed by atoms with Crippen LogP contribution in [0.1, 0.15) is 51.3 Å². The van der Waals surface area contributed by atoms with Crippen molar-refractivity contribution >= 4 is 17.3 Å². The highest BCUT2D eigenvalue weighted by atomic mass is 32.1. The minimum atomic E-state index is -0.800. The lowest BCUT2D eigenvalue weighted by atomic mass is 9.78. The Morgan fingerprint density at radius 2 is 2.06 bits per heavy atom. The first kappa shape index (κ1) is 22.4. The predicted octanol–water partition coefficient (Wildman–Crippen LogP) is 4.09. The Bertz CT molecular complexity index is 1100. The van der Waals surface area contributed by atoms with Crippen molar-refractivity contribution in [3.63, 3.8) is 0 Å². The molecule has 0 fully saturated rings. The molecule has 1 aromatic carbocycles. The van der Waals surface area contributed by atoms with Crippen molar-refractivity contribution in [3.8, 4) is 16.3 Å². The highest BCUT2D eigenvalue weighted by Crippen LogP contribution is 2.46. The van der Waals surface area contributed by atoms with Crippen LogP contribution in [-0.2, 0) is 15.9 Å². The third-order valence-electron chi connectivity index (χ3n) is 5.73. The molecule has 0 amide bonds. The fourth-order valence-electron chi connectivity index (χ4n) is 4.35. The zero-order chi connectivity index (χ0) is 22.7. The molecule has 2 heterocycles. The first-order valence-corrected chi connectivity index (χ1v) is 11.3. The fourth-order valence-corrected chi connectivity index (χ4v) is 5.05. The number of nitrogens with zero attached hydrogens (tertiary/aromatic N) is 2. The van der Waals surface area contributed by atoms with Gasteiger partial charge in [-0.15, -0.1) is 11.3 Å². The van der Waals surface area contributed by atoms with E-state index in [1.807, 2.05) is 29.6 Å². The minimum absolute atomic E-state index is 0.0456. The van der Waals surface area contributed by atoms with Gasteiger partial charge in [0, 0.05) is 35.5 Å². The summed E-state index contributed by atoms with van der Waals surface area (Å²) in [5.41, 5.74) is 4.01. The lowest BCUT2D eigenvalue weighted by molar-refractivity contribution is 0.0387. The Kier molecular flexibility index (Phi) is 6.83. The van der Waals surface area contributed by atoms with Gasteiger partial charge in [-0.1, -0.05) is 18.2 Å². The Labute approximate surface area is 191 Å². The van der Waals surface area contributed by atoms with Gasteiger partial charge < -0.3 is 19.3 Å². The Morgan fingerprint density at radius 3 is 2.78 bits per heavy atom. The molecule has 2 atom stereocenters. The molecular weight excluding hydrogens is 428 g/mol. The van der Waals surface area contributed by atoms with Gasteiger partial charge in [0.1, 0.15) is 17.4 Å². The number of aliphatic hydroxyl groups is 1. The van der Waals surface area contributed by atoms with Gasteiger partial charge in [-0.25, -0.2) is 9.78 Å². The molecule has 0 saturated heterocycles. The van der Waals surface area contributed by atoms with E-state index in [0.29, 0.717) is 46.8 Å². The summed E-state index contributed by atoms with van der Waals surface area (Å²) in [4.78, 5) is 22.2. The van der Waals surface area contributed by atoms with E-state index in [-0.39, 0.29) is 12.5 Å². The maximum absolute atomic E-state index is 13.0. The summed E-state index contributed by atoms with van der Waals surface area (Å²) >= 11 is 1.42. The van der Waals surface area contributed by atoms with Crippen LogP contribution in [0.15, 0.2) is 35.8 Å². The summed E-state index contributed by atoms with van der Waals surface area (Å²) in [7, 11) is 3.20. The van der Waals surface area contributed by atoms with Crippen molar-refractivity contribution in [2.45, 2.75) is 31.8 Å².